The van der Waals surface area contributed by atoms with E-state index in [1.54, 1.807) is 11.3 Å². The van der Waals surface area contributed by atoms with Crippen molar-refractivity contribution >= 4 is 22.2 Å². The molecule has 22 heavy (non-hydrogen) atoms. The molecule has 1 aromatic carbocycles. The molecule has 0 radical (unpaired) electrons. The monoisotopic (exact) mass is 313 g/mol. The molecule has 2 heterocycles. The molecule has 0 spiro atoms. The first kappa shape index (κ1) is 14.8. The Kier molecular flexibility index (Phi) is 4.53. The van der Waals surface area contributed by atoms with Crippen LogP contribution in [0.2, 0.25) is 0 Å². The topological polar surface area (TPSA) is 46.4 Å². The SMILES string of the molecule is C[C@@H](CCNC(=O)Cc1cn2ccsc2n1)c1ccccc1. The molecule has 4 nitrogen and oxygen atoms in total. The number of aromatic nitrogens is 2. The van der Waals surface area contributed by atoms with Gasteiger partial charge in [-0.05, 0) is 17.9 Å². The molecule has 3 aromatic rings. The number of carbonyl (C=O) groups excluding carboxylic acids is 1. The summed E-state index contributed by atoms with van der Waals surface area (Å²) in [5, 5.41) is 4.97. The van der Waals surface area contributed by atoms with E-state index in [-0.39, 0.29) is 5.91 Å². The highest BCUT2D eigenvalue weighted by molar-refractivity contribution is 7.15. The number of benzene rings is 1. The number of rotatable bonds is 6. The molecule has 2 aromatic heterocycles. The fourth-order valence-electron chi connectivity index (χ4n) is 2.46. The first-order chi connectivity index (χ1) is 10.7. The van der Waals surface area contributed by atoms with Gasteiger partial charge in [0.1, 0.15) is 0 Å². The summed E-state index contributed by atoms with van der Waals surface area (Å²) in [5.74, 6) is 0.477. The Morgan fingerprint density at radius 1 is 1.36 bits per heavy atom. The third-order valence-corrected chi connectivity index (χ3v) is 4.52. The van der Waals surface area contributed by atoms with Gasteiger partial charge in [0, 0.05) is 24.3 Å². The smallest absolute Gasteiger partial charge is 0.226 e. The van der Waals surface area contributed by atoms with Crippen molar-refractivity contribution in [3.05, 3.63) is 59.4 Å². The summed E-state index contributed by atoms with van der Waals surface area (Å²) in [4.78, 5) is 17.3. The molecule has 0 saturated carbocycles. The van der Waals surface area contributed by atoms with Gasteiger partial charge in [-0.3, -0.25) is 9.20 Å². The Morgan fingerprint density at radius 2 is 2.18 bits per heavy atom. The highest BCUT2D eigenvalue weighted by Gasteiger charge is 2.09. The normalized spacial score (nSPS) is 12.4. The van der Waals surface area contributed by atoms with Crippen LogP contribution in [0.1, 0.15) is 30.5 Å². The second-order valence-electron chi connectivity index (χ2n) is 5.45. The minimum absolute atomic E-state index is 0.0333. The van der Waals surface area contributed by atoms with Gasteiger partial charge in [-0.25, -0.2) is 4.98 Å². The molecule has 0 aliphatic heterocycles. The largest absolute Gasteiger partial charge is 0.356 e. The van der Waals surface area contributed by atoms with Gasteiger partial charge < -0.3 is 5.32 Å². The number of hydrogen-bond acceptors (Lipinski definition) is 3. The molecule has 0 aliphatic rings. The number of nitrogens with one attached hydrogen (secondary N) is 1. The van der Waals surface area contributed by atoms with E-state index in [4.69, 9.17) is 0 Å². The van der Waals surface area contributed by atoms with Crippen LogP contribution in [0.25, 0.3) is 4.96 Å². The first-order valence-corrected chi connectivity index (χ1v) is 8.33. The third-order valence-electron chi connectivity index (χ3n) is 3.75. The van der Waals surface area contributed by atoms with Gasteiger partial charge in [-0.15, -0.1) is 11.3 Å². The van der Waals surface area contributed by atoms with Gasteiger partial charge in [0.15, 0.2) is 4.96 Å². The summed E-state index contributed by atoms with van der Waals surface area (Å²) in [7, 11) is 0. The third kappa shape index (κ3) is 3.54. The summed E-state index contributed by atoms with van der Waals surface area (Å²) in [5.41, 5.74) is 2.13. The Hall–Kier alpha value is -2.14. The van der Waals surface area contributed by atoms with Crippen LogP contribution in [0.3, 0.4) is 0 Å². The predicted molar refractivity (Wildman–Crippen MR) is 89.3 cm³/mol. The van der Waals surface area contributed by atoms with Crippen LogP contribution in [-0.2, 0) is 11.2 Å². The summed E-state index contributed by atoms with van der Waals surface area (Å²) in [6, 6.07) is 10.4. The molecule has 0 fully saturated rings. The molecule has 5 heteroatoms. The Balaban J connectivity index is 1.45. The molecule has 0 saturated heterocycles. The maximum atomic E-state index is 12.0. The lowest BCUT2D eigenvalue weighted by molar-refractivity contribution is -0.120. The highest BCUT2D eigenvalue weighted by Crippen LogP contribution is 2.17. The van der Waals surface area contributed by atoms with E-state index in [0.717, 1.165) is 17.1 Å². The highest BCUT2D eigenvalue weighted by atomic mass is 32.1. The average Bonchev–Trinajstić information content (AvgIpc) is 3.09. The maximum absolute atomic E-state index is 12.0. The maximum Gasteiger partial charge on any atom is 0.226 e. The summed E-state index contributed by atoms with van der Waals surface area (Å²) < 4.78 is 1.95. The van der Waals surface area contributed by atoms with Crippen molar-refractivity contribution in [2.24, 2.45) is 0 Å². The molecule has 0 aliphatic carbocycles. The van der Waals surface area contributed by atoms with Crippen LogP contribution >= 0.6 is 11.3 Å². The lowest BCUT2D eigenvalue weighted by Gasteiger charge is -2.12. The van der Waals surface area contributed by atoms with Gasteiger partial charge in [-0.1, -0.05) is 37.3 Å². The fraction of sp³-hybridized carbons (Fsp3) is 0.294. The lowest BCUT2D eigenvalue weighted by atomic mass is 9.98. The van der Waals surface area contributed by atoms with Crippen LogP contribution in [-0.4, -0.2) is 21.8 Å². The minimum Gasteiger partial charge on any atom is -0.356 e. The Labute approximate surface area is 133 Å². The number of fused-ring (bicyclic) bond motifs is 1. The Bertz CT molecular complexity index is 719. The molecular formula is C17H19N3OS. The molecule has 1 N–H and O–H groups in total. The van der Waals surface area contributed by atoms with Gasteiger partial charge in [0.25, 0.3) is 0 Å². The van der Waals surface area contributed by atoms with Crippen molar-refractivity contribution < 1.29 is 4.79 Å². The molecular weight excluding hydrogens is 294 g/mol. The van der Waals surface area contributed by atoms with Crippen molar-refractivity contribution in [3.8, 4) is 0 Å². The number of carbonyl (C=O) groups is 1. The molecule has 0 unspecified atom stereocenters. The number of hydrogen-bond donors (Lipinski definition) is 1. The van der Waals surface area contributed by atoms with Crippen LogP contribution in [0.15, 0.2) is 48.1 Å². The van der Waals surface area contributed by atoms with E-state index in [1.165, 1.54) is 5.56 Å². The van der Waals surface area contributed by atoms with E-state index in [2.05, 4.69) is 41.5 Å². The van der Waals surface area contributed by atoms with Gasteiger partial charge in [-0.2, -0.15) is 0 Å². The number of imidazole rings is 1. The molecule has 1 atom stereocenters. The molecule has 3 rings (SSSR count). The molecule has 114 valence electrons. The Morgan fingerprint density at radius 3 is 2.95 bits per heavy atom. The first-order valence-electron chi connectivity index (χ1n) is 7.45. The molecule has 0 bridgehead atoms. The summed E-state index contributed by atoms with van der Waals surface area (Å²) >= 11 is 1.57. The standard InChI is InChI=1S/C17H19N3OS/c1-13(14-5-3-2-4-6-14)7-8-18-16(21)11-15-12-20-9-10-22-17(20)19-15/h2-6,9-10,12-13H,7-8,11H2,1H3,(H,18,21)/t13-/m0/s1. The zero-order valence-corrected chi connectivity index (χ0v) is 13.3. The van der Waals surface area contributed by atoms with Crippen LogP contribution in [0.4, 0.5) is 0 Å². The van der Waals surface area contributed by atoms with Crippen molar-refractivity contribution in [2.75, 3.05) is 6.54 Å². The van der Waals surface area contributed by atoms with E-state index in [1.807, 2.05) is 28.2 Å². The van der Waals surface area contributed by atoms with Crippen molar-refractivity contribution in [2.45, 2.75) is 25.7 Å². The van der Waals surface area contributed by atoms with Crippen LogP contribution in [0, 0.1) is 0 Å². The number of nitrogens with zero attached hydrogens (tertiary/aromatic N) is 2. The quantitative estimate of drug-likeness (QED) is 0.759. The fourth-order valence-corrected chi connectivity index (χ4v) is 3.18. The molecule has 1 amide bonds. The zero-order chi connectivity index (χ0) is 15.4. The van der Waals surface area contributed by atoms with Gasteiger partial charge in [0.05, 0.1) is 12.1 Å². The van der Waals surface area contributed by atoms with Crippen molar-refractivity contribution in [1.82, 2.24) is 14.7 Å². The second kappa shape index (κ2) is 6.75. The van der Waals surface area contributed by atoms with E-state index in [0.29, 0.717) is 18.9 Å². The van der Waals surface area contributed by atoms with E-state index >= 15 is 0 Å². The van der Waals surface area contributed by atoms with Gasteiger partial charge >= 0.3 is 0 Å². The van der Waals surface area contributed by atoms with Crippen LogP contribution in [0.5, 0.6) is 0 Å². The lowest BCUT2D eigenvalue weighted by Crippen LogP contribution is -2.27. The van der Waals surface area contributed by atoms with Crippen molar-refractivity contribution in [3.63, 3.8) is 0 Å². The van der Waals surface area contributed by atoms with Crippen molar-refractivity contribution in [1.29, 1.82) is 0 Å². The van der Waals surface area contributed by atoms with E-state index in [9.17, 15) is 4.79 Å². The second-order valence-corrected chi connectivity index (χ2v) is 6.33. The van der Waals surface area contributed by atoms with E-state index < -0.39 is 0 Å². The van der Waals surface area contributed by atoms with Gasteiger partial charge in [0.2, 0.25) is 5.91 Å². The van der Waals surface area contributed by atoms with Crippen LogP contribution < -0.4 is 5.32 Å². The average molecular weight is 313 g/mol. The minimum atomic E-state index is 0.0333. The number of amides is 1. The predicted octanol–water partition coefficient (Wildman–Crippen LogP) is 3.25. The number of thiazole rings is 1. The summed E-state index contributed by atoms with van der Waals surface area (Å²) in [6.07, 6.45) is 5.15. The summed E-state index contributed by atoms with van der Waals surface area (Å²) in [6.45, 7) is 2.88. The zero-order valence-electron chi connectivity index (χ0n) is 12.5.